The van der Waals surface area contributed by atoms with Crippen molar-refractivity contribution in [3.63, 3.8) is 0 Å². The molecule has 0 aliphatic heterocycles. The van der Waals surface area contributed by atoms with Gasteiger partial charge < -0.3 is 4.74 Å². The number of hydrogen-bond acceptors (Lipinski definition) is 1. The Morgan fingerprint density at radius 3 is 2.72 bits per heavy atom. The minimum atomic E-state index is 0.323. The molecule has 1 nitrogen and oxygen atoms in total. The fourth-order valence-corrected chi connectivity index (χ4v) is 4.22. The van der Waals surface area contributed by atoms with Crippen LogP contribution in [-0.4, -0.2) is 13.0 Å². The van der Waals surface area contributed by atoms with Crippen LogP contribution in [0.3, 0.4) is 0 Å². The second kappa shape index (κ2) is 4.72. The molecule has 0 aromatic heterocycles. The molecular weight excluding hydrogens is 312 g/mol. The molecule has 2 aliphatic rings. The van der Waals surface area contributed by atoms with E-state index in [-0.39, 0.29) is 0 Å². The highest BCUT2D eigenvalue weighted by atomic mass is 79.9. The van der Waals surface area contributed by atoms with Gasteiger partial charge in [0.2, 0.25) is 0 Å². The van der Waals surface area contributed by atoms with Crippen LogP contribution >= 0.6 is 27.5 Å². The highest BCUT2D eigenvalue weighted by Crippen LogP contribution is 2.61. The van der Waals surface area contributed by atoms with E-state index in [2.05, 4.69) is 28.1 Å². The summed E-state index contributed by atoms with van der Waals surface area (Å²) in [7, 11) is 1.72. The first-order chi connectivity index (χ1) is 8.65. The van der Waals surface area contributed by atoms with Crippen molar-refractivity contribution in [2.75, 3.05) is 13.0 Å². The highest BCUT2D eigenvalue weighted by molar-refractivity contribution is 9.10. The van der Waals surface area contributed by atoms with Gasteiger partial charge in [-0.05, 0) is 66.7 Å². The van der Waals surface area contributed by atoms with Gasteiger partial charge in [0, 0.05) is 10.4 Å². The van der Waals surface area contributed by atoms with Crippen LogP contribution in [0.25, 0.3) is 0 Å². The van der Waals surface area contributed by atoms with Gasteiger partial charge in [0.1, 0.15) is 5.75 Å². The molecule has 18 heavy (non-hydrogen) atoms. The van der Waals surface area contributed by atoms with Crippen LogP contribution in [0.5, 0.6) is 5.75 Å². The summed E-state index contributed by atoms with van der Waals surface area (Å²) in [5.74, 6) is 3.64. The average molecular weight is 330 g/mol. The number of rotatable bonds is 4. The summed E-state index contributed by atoms with van der Waals surface area (Å²) in [6.45, 7) is 0. The number of ether oxygens (including phenoxy) is 1. The molecule has 0 heterocycles. The number of fused-ring (bicyclic) bond motifs is 1. The number of halogens is 2. The largest absolute Gasteiger partial charge is 0.497 e. The van der Waals surface area contributed by atoms with Crippen molar-refractivity contribution in [3.8, 4) is 5.75 Å². The lowest BCUT2D eigenvalue weighted by Crippen LogP contribution is -2.24. The molecule has 0 saturated heterocycles. The van der Waals surface area contributed by atoms with Gasteiger partial charge >= 0.3 is 0 Å². The monoisotopic (exact) mass is 328 g/mol. The van der Waals surface area contributed by atoms with Crippen molar-refractivity contribution in [2.45, 2.75) is 25.7 Å². The summed E-state index contributed by atoms with van der Waals surface area (Å²) in [4.78, 5) is 0. The molecular formula is C15H18BrClO. The van der Waals surface area contributed by atoms with Gasteiger partial charge in [-0.1, -0.05) is 15.9 Å². The molecule has 3 rings (SSSR count). The Hall–Kier alpha value is -0.210. The molecule has 0 N–H and O–H groups in total. The van der Waals surface area contributed by atoms with Gasteiger partial charge in [0.25, 0.3) is 0 Å². The van der Waals surface area contributed by atoms with Crippen molar-refractivity contribution in [2.24, 2.45) is 17.3 Å². The highest BCUT2D eigenvalue weighted by Gasteiger charge is 2.53. The zero-order valence-electron chi connectivity index (χ0n) is 10.6. The summed E-state index contributed by atoms with van der Waals surface area (Å²) < 4.78 is 6.49. The van der Waals surface area contributed by atoms with E-state index >= 15 is 0 Å². The summed E-state index contributed by atoms with van der Waals surface area (Å²) >= 11 is 9.93. The first kappa shape index (κ1) is 12.8. The van der Waals surface area contributed by atoms with Gasteiger partial charge in [-0.2, -0.15) is 0 Å². The van der Waals surface area contributed by atoms with Crippen molar-refractivity contribution >= 4 is 27.5 Å². The van der Waals surface area contributed by atoms with E-state index in [0.29, 0.717) is 5.41 Å². The SMILES string of the molecule is COc1ccc(Br)c(CC2(CCl)CC3CC3C2)c1. The second-order valence-corrected chi connectivity index (χ2v) is 7.05. The number of alkyl halides is 1. The Kier molecular flexibility index (Phi) is 3.36. The Balaban J connectivity index is 1.82. The summed E-state index contributed by atoms with van der Waals surface area (Å²) in [5.41, 5.74) is 1.65. The minimum absolute atomic E-state index is 0.323. The van der Waals surface area contributed by atoms with E-state index in [1.165, 1.54) is 29.3 Å². The third-order valence-electron chi connectivity index (χ3n) is 4.56. The molecule has 3 heteroatoms. The molecule has 2 fully saturated rings. The van der Waals surface area contributed by atoms with Gasteiger partial charge in [0.05, 0.1) is 7.11 Å². The molecule has 2 atom stereocenters. The van der Waals surface area contributed by atoms with E-state index in [0.717, 1.165) is 29.9 Å². The first-order valence-electron chi connectivity index (χ1n) is 6.54. The second-order valence-electron chi connectivity index (χ2n) is 5.93. The molecule has 2 unspecified atom stereocenters. The van der Waals surface area contributed by atoms with Crippen LogP contribution < -0.4 is 4.74 Å². The predicted octanol–water partition coefficient (Wildman–Crippen LogP) is 4.66. The van der Waals surface area contributed by atoms with Crippen LogP contribution in [0.4, 0.5) is 0 Å². The van der Waals surface area contributed by atoms with E-state index in [1.54, 1.807) is 7.11 Å². The summed E-state index contributed by atoms with van der Waals surface area (Å²) in [6, 6.07) is 6.21. The molecule has 0 amide bonds. The van der Waals surface area contributed by atoms with Crippen LogP contribution in [0.1, 0.15) is 24.8 Å². The summed E-state index contributed by atoms with van der Waals surface area (Å²) in [6.07, 6.45) is 5.13. The van der Waals surface area contributed by atoms with Crippen molar-refractivity contribution < 1.29 is 4.74 Å². The average Bonchev–Trinajstić information content (AvgIpc) is 3.00. The van der Waals surface area contributed by atoms with E-state index < -0.39 is 0 Å². The third-order valence-corrected chi connectivity index (χ3v) is 5.90. The van der Waals surface area contributed by atoms with Crippen LogP contribution in [0, 0.1) is 17.3 Å². The number of benzene rings is 1. The normalized spacial score (nSPS) is 33.3. The van der Waals surface area contributed by atoms with E-state index in [4.69, 9.17) is 16.3 Å². The Bertz CT molecular complexity index is 450. The minimum Gasteiger partial charge on any atom is -0.497 e. The summed E-state index contributed by atoms with van der Waals surface area (Å²) in [5, 5.41) is 0. The van der Waals surface area contributed by atoms with Crippen LogP contribution in [0.2, 0.25) is 0 Å². The standard InChI is InChI=1S/C15H18BrClO/c1-18-13-2-3-14(16)12(5-13)8-15(9-17)6-10-4-11(10)7-15/h2-3,5,10-11H,4,6-9H2,1H3. The molecule has 1 aromatic carbocycles. The van der Waals surface area contributed by atoms with Crippen molar-refractivity contribution in [1.82, 2.24) is 0 Å². The number of hydrogen-bond donors (Lipinski definition) is 0. The molecule has 2 aliphatic carbocycles. The maximum Gasteiger partial charge on any atom is 0.119 e. The maximum absolute atomic E-state index is 6.28. The molecule has 2 saturated carbocycles. The molecule has 0 spiro atoms. The lowest BCUT2D eigenvalue weighted by Gasteiger charge is -2.29. The fourth-order valence-electron chi connectivity index (χ4n) is 3.52. The topological polar surface area (TPSA) is 9.23 Å². The maximum atomic E-state index is 6.28. The predicted molar refractivity (Wildman–Crippen MR) is 78.4 cm³/mol. The fraction of sp³-hybridized carbons (Fsp3) is 0.600. The molecule has 0 bridgehead atoms. The Morgan fingerprint density at radius 1 is 1.39 bits per heavy atom. The Labute approximate surface area is 122 Å². The van der Waals surface area contributed by atoms with E-state index in [1.807, 2.05) is 6.07 Å². The van der Waals surface area contributed by atoms with Gasteiger partial charge in [-0.3, -0.25) is 0 Å². The van der Waals surface area contributed by atoms with Crippen molar-refractivity contribution in [3.05, 3.63) is 28.2 Å². The van der Waals surface area contributed by atoms with E-state index in [9.17, 15) is 0 Å². The molecule has 98 valence electrons. The molecule has 1 aromatic rings. The van der Waals surface area contributed by atoms with Crippen LogP contribution in [0.15, 0.2) is 22.7 Å². The first-order valence-corrected chi connectivity index (χ1v) is 7.87. The third kappa shape index (κ3) is 2.30. The molecule has 0 radical (unpaired) electrons. The van der Waals surface area contributed by atoms with Gasteiger partial charge in [-0.25, -0.2) is 0 Å². The zero-order valence-corrected chi connectivity index (χ0v) is 12.9. The lowest BCUT2D eigenvalue weighted by molar-refractivity contribution is 0.302. The van der Waals surface area contributed by atoms with Gasteiger partial charge in [-0.15, -0.1) is 11.6 Å². The zero-order chi connectivity index (χ0) is 12.8. The Morgan fingerprint density at radius 2 is 2.11 bits per heavy atom. The van der Waals surface area contributed by atoms with Crippen molar-refractivity contribution in [1.29, 1.82) is 0 Å². The smallest absolute Gasteiger partial charge is 0.119 e. The number of methoxy groups -OCH3 is 1. The van der Waals surface area contributed by atoms with Crippen LogP contribution in [-0.2, 0) is 6.42 Å². The van der Waals surface area contributed by atoms with Gasteiger partial charge in [0.15, 0.2) is 0 Å². The quantitative estimate of drug-likeness (QED) is 0.730. The lowest BCUT2D eigenvalue weighted by atomic mass is 9.79.